The summed E-state index contributed by atoms with van der Waals surface area (Å²) in [7, 11) is 2.16. The van der Waals surface area contributed by atoms with E-state index in [0.29, 0.717) is 17.4 Å². The van der Waals surface area contributed by atoms with Crippen LogP contribution in [-0.4, -0.2) is 66.9 Å². The van der Waals surface area contributed by atoms with Crippen molar-refractivity contribution in [1.29, 1.82) is 0 Å². The molecule has 0 unspecified atom stereocenters. The molecule has 1 spiro atoms. The molecule has 1 saturated carbocycles. The Morgan fingerprint density at radius 3 is 2.38 bits per heavy atom. The predicted octanol–water partition coefficient (Wildman–Crippen LogP) is 2.57. The van der Waals surface area contributed by atoms with Gasteiger partial charge in [-0.15, -0.1) is 6.42 Å². The number of pyridine rings is 1. The van der Waals surface area contributed by atoms with Gasteiger partial charge in [-0.3, -0.25) is 4.79 Å². The molecule has 29 heavy (non-hydrogen) atoms. The molecule has 5 nitrogen and oxygen atoms in total. The van der Waals surface area contributed by atoms with Gasteiger partial charge in [0.15, 0.2) is 5.78 Å². The average Bonchev–Trinajstić information content (AvgIpc) is 2.72. The SMILES string of the molecule is C#CC1=C(N2CCC3(CCC3)CC2)c2cc(N3CCN(C)CC3)ncc2CC1=O. The number of piperidine rings is 1. The van der Waals surface area contributed by atoms with Crippen LogP contribution in [-0.2, 0) is 11.2 Å². The second-order valence-corrected chi connectivity index (χ2v) is 9.30. The number of aromatic nitrogens is 1. The summed E-state index contributed by atoms with van der Waals surface area (Å²) in [6, 6.07) is 2.19. The van der Waals surface area contributed by atoms with E-state index < -0.39 is 0 Å². The van der Waals surface area contributed by atoms with E-state index in [2.05, 4.69) is 33.7 Å². The summed E-state index contributed by atoms with van der Waals surface area (Å²) in [5.41, 5.74) is 4.28. The molecule has 3 heterocycles. The fraction of sp³-hybridized carbons (Fsp3) is 0.583. The molecule has 0 atom stereocenters. The number of hydrogen-bond donors (Lipinski definition) is 0. The predicted molar refractivity (Wildman–Crippen MR) is 116 cm³/mol. The van der Waals surface area contributed by atoms with Crippen LogP contribution in [0.2, 0.25) is 0 Å². The molecule has 0 amide bonds. The minimum absolute atomic E-state index is 0.0630. The Bertz CT molecular complexity index is 890. The number of anilines is 1. The number of terminal acetylenes is 1. The van der Waals surface area contributed by atoms with Crippen molar-refractivity contribution in [2.24, 2.45) is 5.41 Å². The lowest BCUT2D eigenvalue weighted by molar-refractivity contribution is -0.114. The molecule has 5 rings (SSSR count). The van der Waals surface area contributed by atoms with Crippen molar-refractivity contribution < 1.29 is 4.79 Å². The number of likely N-dealkylation sites (N-methyl/N-ethyl adjacent to an activating group) is 1. The summed E-state index contributed by atoms with van der Waals surface area (Å²) >= 11 is 0. The van der Waals surface area contributed by atoms with E-state index in [1.54, 1.807) is 0 Å². The zero-order valence-electron chi connectivity index (χ0n) is 17.4. The second kappa shape index (κ2) is 7.18. The summed E-state index contributed by atoms with van der Waals surface area (Å²) in [4.78, 5) is 24.6. The van der Waals surface area contributed by atoms with Crippen LogP contribution in [0.5, 0.6) is 0 Å². The Balaban J connectivity index is 1.48. The van der Waals surface area contributed by atoms with Gasteiger partial charge in [-0.05, 0) is 49.8 Å². The monoisotopic (exact) mass is 390 g/mol. The lowest BCUT2D eigenvalue weighted by Crippen LogP contribution is -2.45. The van der Waals surface area contributed by atoms with Gasteiger partial charge < -0.3 is 14.7 Å². The fourth-order valence-electron chi connectivity index (χ4n) is 5.43. The van der Waals surface area contributed by atoms with Crippen molar-refractivity contribution in [1.82, 2.24) is 14.8 Å². The van der Waals surface area contributed by atoms with Crippen molar-refractivity contribution in [3.63, 3.8) is 0 Å². The molecule has 5 heteroatoms. The largest absolute Gasteiger partial charge is 0.370 e. The van der Waals surface area contributed by atoms with Crippen molar-refractivity contribution in [3.8, 4) is 12.3 Å². The van der Waals surface area contributed by atoms with Gasteiger partial charge in [0.2, 0.25) is 0 Å². The maximum absolute atomic E-state index is 12.8. The van der Waals surface area contributed by atoms with Gasteiger partial charge in [-0.25, -0.2) is 4.98 Å². The van der Waals surface area contributed by atoms with E-state index in [1.807, 2.05) is 6.20 Å². The maximum atomic E-state index is 12.8. The summed E-state index contributed by atoms with van der Waals surface area (Å²) in [6.07, 6.45) is 14.7. The van der Waals surface area contributed by atoms with Crippen LogP contribution in [0, 0.1) is 17.8 Å². The number of likely N-dealkylation sites (tertiary alicyclic amines) is 1. The smallest absolute Gasteiger partial charge is 0.177 e. The topological polar surface area (TPSA) is 39.7 Å². The lowest BCUT2D eigenvalue weighted by atomic mass is 9.63. The van der Waals surface area contributed by atoms with Gasteiger partial charge in [0.05, 0.1) is 11.3 Å². The molecule has 0 bridgehead atoms. The maximum Gasteiger partial charge on any atom is 0.177 e. The first kappa shape index (κ1) is 18.7. The van der Waals surface area contributed by atoms with Crippen LogP contribution in [0.25, 0.3) is 5.70 Å². The van der Waals surface area contributed by atoms with E-state index in [-0.39, 0.29) is 5.78 Å². The summed E-state index contributed by atoms with van der Waals surface area (Å²) < 4.78 is 0. The molecule has 4 aliphatic rings. The van der Waals surface area contributed by atoms with Gasteiger partial charge >= 0.3 is 0 Å². The molecule has 2 saturated heterocycles. The number of carbonyl (C=O) groups excluding carboxylic acids is 1. The van der Waals surface area contributed by atoms with Crippen LogP contribution in [0.1, 0.15) is 43.2 Å². The minimum Gasteiger partial charge on any atom is -0.370 e. The highest BCUT2D eigenvalue weighted by Crippen LogP contribution is 2.50. The third-order valence-corrected chi connectivity index (χ3v) is 7.62. The molecule has 152 valence electrons. The number of nitrogens with zero attached hydrogens (tertiary/aromatic N) is 4. The van der Waals surface area contributed by atoms with Gasteiger partial charge in [-0.2, -0.15) is 0 Å². The van der Waals surface area contributed by atoms with Crippen LogP contribution < -0.4 is 4.90 Å². The first-order valence-corrected chi connectivity index (χ1v) is 11.0. The Kier molecular flexibility index (Phi) is 4.63. The molecule has 1 aromatic rings. The minimum atomic E-state index is 0.0630. The molecular weight excluding hydrogens is 360 g/mol. The molecule has 1 aromatic heterocycles. The number of piperazine rings is 1. The standard InChI is InChI=1S/C24H30N4O/c1-3-19-21(29)15-18-17-25-22(27-13-11-26(2)12-14-27)16-20(18)23(19)28-9-7-24(8-10-28)5-4-6-24/h1,16-17H,4-15H2,2H3. The average molecular weight is 391 g/mol. The number of carbonyl (C=O) groups is 1. The Morgan fingerprint density at radius 1 is 1.03 bits per heavy atom. The van der Waals surface area contributed by atoms with Crippen LogP contribution in [0.3, 0.4) is 0 Å². The highest BCUT2D eigenvalue weighted by Gasteiger charge is 2.41. The quantitative estimate of drug-likeness (QED) is 0.726. The zero-order valence-corrected chi connectivity index (χ0v) is 17.4. The Labute approximate surface area is 173 Å². The number of allylic oxidation sites excluding steroid dienone is 1. The lowest BCUT2D eigenvalue weighted by Gasteiger charge is -2.49. The molecule has 0 N–H and O–H groups in total. The van der Waals surface area contributed by atoms with Gasteiger partial charge in [-0.1, -0.05) is 12.3 Å². The Hall–Kier alpha value is -2.32. The van der Waals surface area contributed by atoms with E-state index in [9.17, 15) is 4.79 Å². The highest BCUT2D eigenvalue weighted by atomic mass is 16.1. The number of rotatable bonds is 2. The van der Waals surface area contributed by atoms with Gasteiger partial charge in [0.1, 0.15) is 5.82 Å². The van der Waals surface area contributed by atoms with Crippen LogP contribution in [0.4, 0.5) is 5.82 Å². The fourth-order valence-corrected chi connectivity index (χ4v) is 5.43. The van der Waals surface area contributed by atoms with Gasteiger partial charge in [0.25, 0.3) is 0 Å². The highest BCUT2D eigenvalue weighted by molar-refractivity contribution is 6.10. The molecular formula is C24H30N4O. The molecule has 0 aromatic carbocycles. The third-order valence-electron chi connectivity index (χ3n) is 7.62. The zero-order chi connectivity index (χ0) is 20.0. The third kappa shape index (κ3) is 3.24. The second-order valence-electron chi connectivity index (χ2n) is 9.30. The van der Waals surface area contributed by atoms with E-state index in [1.165, 1.54) is 32.1 Å². The number of ketones is 1. The van der Waals surface area contributed by atoms with E-state index >= 15 is 0 Å². The summed E-state index contributed by atoms with van der Waals surface area (Å²) in [5.74, 6) is 3.81. The van der Waals surface area contributed by atoms with Crippen molar-refractivity contribution in [2.45, 2.75) is 38.5 Å². The Morgan fingerprint density at radius 2 is 1.76 bits per heavy atom. The number of hydrogen-bond acceptors (Lipinski definition) is 5. The first-order valence-electron chi connectivity index (χ1n) is 11.0. The van der Waals surface area contributed by atoms with E-state index in [4.69, 9.17) is 11.4 Å². The van der Waals surface area contributed by atoms with E-state index in [0.717, 1.165) is 61.9 Å². The van der Waals surface area contributed by atoms with Crippen molar-refractivity contribution in [3.05, 3.63) is 29.0 Å². The summed E-state index contributed by atoms with van der Waals surface area (Å²) in [6.45, 7) is 6.05. The normalized spacial score (nSPS) is 24.3. The molecule has 3 fully saturated rings. The van der Waals surface area contributed by atoms with Gasteiger partial charge in [0, 0.05) is 57.4 Å². The molecule has 2 aliphatic heterocycles. The molecule has 2 aliphatic carbocycles. The van der Waals surface area contributed by atoms with Crippen LogP contribution in [0.15, 0.2) is 17.8 Å². The van der Waals surface area contributed by atoms with Crippen LogP contribution >= 0.6 is 0 Å². The first-order chi connectivity index (χ1) is 14.1. The summed E-state index contributed by atoms with van der Waals surface area (Å²) in [5, 5.41) is 0. The van der Waals surface area contributed by atoms with Crippen molar-refractivity contribution >= 4 is 17.3 Å². The number of fused-ring (bicyclic) bond motifs is 1. The van der Waals surface area contributed by atoms with Crippen molar-refractivity contribution in [2.75, 3.05) is 51.2 Å². The molecule has 0 radical (unpaired) electrons. The number of Topliss-reactive ketones (excluding diaryl/α,β-unsaturated/α-hetero) is 1.